The number of furan rings is 1. The molecule has 8 heteroatoms. The fourth-order valence-electron chi connectivity index (χ4n) is 4.69. The van der Waals surface area contributed by atoms with E-state index < -0.39 is 5.54 Å². The van der Waals surface area contributed by atoms with Gasteiger partial charge >= 0.3 is 0 Å². The number of aromatic nitrogens is 1. The fraction of sp³-hybridized carbons (Fsp3) is 0.214. The molecule has 5 rings (SSSR count). The van der Waals surface area contributed by atoms with Gasteiger partial charge in [0, 0.05) is 18.3 Å². The van der Waals surface area contributed by atoms with E-state index in [0.29, 0.717) is 35.2 Å². The summed E-state index contributed by atoms with van der Waals surface area (Å²) in [6.07, 6.45) is 1.58. The molecule has 3 heterocycles. The van der Waals surface area contributed by atoms with Gasteiger partial charge in [-0.05, 0) is 48.9 Å². The quantitative estimate of drug-likeness (QED) is 0.417. The zero-order chi connectivity index (χ0) is 25.3. The Hall–Kier alpha value is -4.46. The summed E-state index contributed by atoms with van der Waals surface area (Å²) >= 11 is 0. The van der Waals surface area contributed by atoms with Crippen LogP contribution < -0.4 is 19.7 Å². The lowest BCUT2D eigenvalue weighted by Gasteiger charge is -2.44. The molecule has 2 amide bonds. The first-order chi connectivity index (χ1) is 17.5. The van der Waals surface area contributed by atoms with E-state index in [9.17, 15) is 9.59 Å². The van der Waals surface area contributed by atoms with Crippen LogP contribution in [0.15, 0.2) is 83.5 Å². The number of hydrogen-bond donors (Lipinski definition) is 1. The number of rotatable bonds is 7. The Morgan fingerprint density at radius 3 is 2.42 bits per heavy atom. The Bertz CT molecular complexity index is 1390. The van der Waals surface area contributed by atoms with Gasteiger partial charge in [0.25, 0.3) is 5.91 Å². The SMILES string of the molecule is COc1ccc(N2C(=O)c3ccc(-c4ccco4)n3C[C@@]2(C)C(=O)NCc2ccccc2)cc1OC. The van der Waals surface area contributed by atoms with E-state index >= 15 is 0 Å². The van der Waals surface area contributed by atoms with Crippen molar-refractivity contribution in [3.8, 4) is 23.0 Å². The largest absolute Gasteiger partial charge is 0.493 e. The van der Waals surface area contributed by atoms with E-state index in [2.05, 4.69) is 5.32 Å². The van der Waals surface area contributed by atoms with E-state index in [0.717, 1.165) is 11.3 Å². The minimum Gasteiger partial charge on any atom is -0.493 e. The predicted octanol–water partition coefficient (Wildman–Crippen LogP) is 4.50. The lowest BCUT2D eigenvalue weighted by atomic mass is 9.93. The molecule has 1 aliphatic heterocycles. The average Bonchev–Trinajstić information content (AvgIpc) is 3.58. The van der Waals surface area contributed by atoms with Crippen LogP contribution >= 0.6 is 0 Å². The molecule has 36 heavy (non-hydrogen) atoms. The van der Waals surface area contributed by atoms with E-state index in [1.54, 1.807) is 50.6 Å². The van der Waals surface area contributed by atoms with Crippen LogP contribution in [0, 0.1) is 0 Å². The number of carbonyl (C=O) groups is 2. The molecule has 0 spiro atoms. The highest BCUT2D eigenvalue weighted by atomic mass is 16.5. The Morgan fingerprint density at radius 1 is 0.972 bits per heavy atom. The molecule has 0 saturated carbocycles. The number of ether oxygens (including phenoxy) is 2. The summed E-state index contributed by atoms with van der Waals surface area (Å²) in [5.41, 5.74) is 1.44. The minimum atomic E-state index is -1.25. The van der Waals surface area contributed by atoms with Crippen molar-refractivity contribution in [3.05, 3.63) is 90.3 Å². The number of amides is 2. The lowest BCUT2D eigenvalue weighted by molar-refractivity contribution is -0.126. The molecule has 0 aliphatic carbocycles. The maximum absolute atomic E-state index is 14.0. The third-order valence-corrected chi connectivity index (χ3v) is 6.55. The molecule has 184 valence electrons. The van der Waals surface area contributed by atoms with Gasteiger partial charge in [0.05, 0.1) is 32.7 Å². The van der Waals surface area contributed by atoms with Crippen molar-refractivity contribution >= 4 is 17.5 Å². The maximum Gasteiger partial charge on any atom is 0.275 e. The van der Waals surface area contributed by atoms with Crippen molar-refractivity contribution in [2.45, 2.75) is 25.6 Å². The van der Waals surface area contributed by atoms with Crippen molar-refractivity contribution in [1.82, 2.24) is 9.88 Å². The van der Waals surface area contributed by atoms with Crippen LogP contribution in [-0.2, 0) is 17.9 Å². The third-order valence-electron chi connectivity index (χ3n) is 6.55. The number of fused-ring (bicyclic) bond motifs is 1. The van der Waals surface area contributed by atoms with Crippen LogP contribution in [0.3, 0.4) is 0 Å². The van der Waals surface area contributed by atoms with Crippen LogP contribution in [0.1, 0.15) is 23.0 Å². The summed E-state index contributed by atoms with van der Waals surface area (Å²) in [5.74, 6) is 1.04. The summed E-state index contributed by atoms with van der Waals surface area (Å²) in [6.45, 7) is 2.34. The molecule has 2 aromatic heterocycles. The molecule has 2 aromatic carbocycles. The molecule has 1 N–H and O–H groups in total. The van der Waals surface area contributed by atoms with Crippen LogP contribution in [0.5, 0.6) is 11.5 Å². The normalized spacial score (nSPS) is 17.0. The monoisotopic (exact) mass is 485 g/mol. The maximum atomic E-state index is 14.0. The Labute approximate surface area is 209 Å². The molecule has 1 atom stereocenters. The van der Waals surface area contributed by atoms with Crippen molar-refractivity contribution in [2.75, 3.05) is 19.1 Å². The topological polar surface area (TPSA) is 85.9 Å². The van der Waals surface area contributed by atoms with Gasteiger partial charge in [-0.3, -0.25) is 14.5 Å². The highest BCUT2D eigenvalue weighted by Crippen LogP contribution is 2.39. The van der Waals surface area contributed by atoms with E-state index in [4.69, 9.17) is 13.9 Å². The zero-order valence-electron chi connectivity index (χ0n) is 20.4. The van der Waals surface area contributed by atoms with E-state index in [-0.39, 0.29) is 18.4 Å². The Balaban J connectivity index is 1.59. The zero-order valence-corrected chi connectivity index (χ0v) is 20.4. The number of nitrogens with one attached hydrogen (secondary N) is 1. The van der Waals surface area contributed by atoms with Crippen LogP contribution in [-0.4, -0.2) is 36.1 Å². The van der Waals surface area contributed by atoms with Crippen LogP contribution in [0.4, 0.5) is 5.69 Å². The second-order valence-corrected chi connectivity index (χ2v) is 8.79. The lowest BCUT2D eigenvalue weighted by Crippen LogP contribution is -2.64. The smallest absolute Gasteiger partial charge is 0.275 e. The summed E-state index contributed by atoms with van der Waals surface area (Å²) < 4.78 is 18.3. The Kier molecular flexibility index (Phi) is 6.01. The summed E-state index contributed by atoms with van der Waals surface area (Å²) in [5, 5.41) is 3.03. The summed E-state index contributed by atoms with van der Waals surface area (Å²) in [7, 11) is 3.08. The summed E-state index contributed by atoms with van der Waals surface area (Å²) in [4.78, 5) is 29.3. The molecule has 4 aromatic rings. The average molecular weight is 486 g/mol. The minimum absolute atomic E-state index is 0.228. The third kappa shape index (κ3) is 3.90. The first kappa shape index (κ1) is 23.3. The van der Waals surface area contributed by atoms with Crippen LogP contribution in [0.25, 0.3) is 11.5 Å². The number of methoxy groups -OCH3 is 2. The molecular formula is C28H27N3O5. The van der Waals surface area contributed by atoms with Gasteiger partial charge in [-0.1, -0.05) is 30.3 Å². The van der Waals surface area contributed by atoms with Crippen molar-refractivity contribution in [1.29, 1.82) is 0 Å². The standard InChI is InChI=1S/C28H27N3O5/c1-28(27(33)29-17-19-8-5-4-6-9-19)18-30-21(23-10-7-15-36-23)12-13-22(30)26(32)31(28)20-11-14-24(34-2)25(16-20)35-3/h4-16H,17-18H2,1-3H3,(H,29,33)/t28-/m0/s1. The fourth-order valence-corrected chi connectivity index (χ4v) is 4.69. The first-order valence-corrected chi connectivity index (χ1v) is 11.6. The van der Waals surface area contributed by atoms with Gasteiger partial charge in [0.1, 0.15) is 17.0 Å². The van der Waals surface area contributed by atoms with Crippen molar-refractivity contribution in [2.24, 2.45) is 0 Å². The molecule has 8 nitrogen and oxygen atoms in total. The second kappa shape index (κ2) is 9.30. The van der Waals surface area contributed by atoms with Gasteiger partial charge < -0.3 is 23.8 Å². The molecule has 1 aliphatic rings. The molecule has 0 radical (unpaired) electrons. The van der Waals surface area contributed by atoms with Gasteiger partial charge in [-0.25, -0.2) is 0 Å². The molecule has 0 saturated heterocycles. The van der Waals surface area contributed by atoms with Crippen molar-refractivity contribution < 1.29 is 23.5 Å². The van der Waals surface area contributed by atoms with Gasteiger partial charge in [0.15, 0.2) is 11.5 Å². The highest BCUT2D eigenvalue weighted by molar-refractivity contribution is 6.12. The van der Waals surface area contributed by atoms with E-state index in [1.165, 1.54) is 12.0 Å². The molecule has 0 bridgehead atoms. The first-order valence-electron chi connectivity index (χ1n) is 11.6. The van der Waals surface area contributed by atoms with Crippen LogP contribution in [0.2, 0.25) is 0 Å². The Morgan fingerprint density at radius 2 is 1.72 bits per heavy atom. The van der Waals surface area contributed by atoms with Gasteiger partial charge in [-0.15, -0.1) is 0 Å². The highest BCUT2D eigenvalue weighted by Gasteiger charge is 2.49. The number of benzene rings is 2. The number of carbonyl (C=O) groups excluding carboxylic acids is 2. The van der Waals surface area contributed by atoms with Gasteiger partial charge in [-0.2, -0.15) is 0 Å². The molecule has 0 unspecified atom stereocenters. The summed E-state index contributed by atoms with van der Waals surface area (Å²) in [6, 6.07) is 22.1. The van der Waals surface area contributed by atoms with Gasteiger partial charge in [0.2, 0.25) is 5.91 Å². The molecular weight excluding hydrogens is 458 g/mol. The number of nitrogens with zero attached hydrogens (tertiary/aromatic N) is 2. The predicted molar refractivity (Wildman–Crippen MR) is 135 cm³/mol. The number of hydrogen-bond acceptors (Lipinski definition) is 5. The van der Waals surface area contributed by atoms with Crippen molar-refractivity contribution in [3.63, 3.8) is 0 Å². The number of anilines is 1. The second-order valence-electron chi connectivity index (χ2n) is 8.79. The van der Waals surface area contributed by atoms with E-state index in [1.807, 2.05) is 47.0 Å². The molecule has 0 fully saturated rings.